The lowest BCUT2D eigenvalue weighted by Crippen LogP contribution is -2.38. The Labute approximate surface area is 248 Å². The molecule has 0 aliphatic carbocycles. The zero-order chi connectivity index (χ0) is 30.1. The van der Waals surface area contributed by atoms with Crippen LogP contribution in [0.15, 0.2) is 72.2 Å². The van der Waals surface area contributed by atoms with Gasteiger partial charge in [0.15, 0.2) is 5.82 Å². The SMILES string of the molecule is CN[C@@H](C)C(=O)Nc1ncc(-c2ccnc(N3CCCC3)c2)n(Cc2cncc(-n3cc(C)c4cc(F)ccc43)c2)c1=O. The highest BCUT2D eigenvalue weighted by atomic mass is 19.1. The van der Waals surface area contributed by atoms with Crippen molar-refractivity contribution in [2.45, 2.75) is 39.3 Å². The van der Waals surface area contributed by atoms with Crippen molar-refractivity contribution in [3.63, 3.8) is 0 Å². The first-order valence-corrected chi connectivity index (χ1v) is 14.3. The second-order valence-corrected chi connectivity index (χ2v) is 10.9. The summed E-state index contributed by atoms with van der Waals surface area (Å²) in [5.41, 5.74) is 4.30. The first-order chi connectivity index (χ1) is 20.8. The van der Waals surface area contributed by atoms with Crippen molar-refractivity contribution in [2.75, 3.05) is 30.4 Å². The lowest BCUT2D eigenvalue weighted by molar-refractivity contribution is -0.117. The van der Waals surface area contributed by atoms with Gasteiger partial charge in [0.25, 0.3) is 5.56 Å². The molecule has 5 aromatic rings. The Morgan fingerprint density at radius 2 is 1.88 bits per heavy atom. The summed E-state index contributed by atoms with van der Waals surface area (Å²) in [7, 11) is 1.67. The summed E-state index contributed by atoms with van der Waals surface area (Å²) in [6, 6.07) is 9.99. The van der Waals surface area contributed by atoms with Crippen LogP contribution in [0.5, 0.6) is 0 Å². The number of likely N-dealkylation sites (N-methyl/N-ethyl adjacent to an activating group) is 1. The van der Waals surface area contributed by atoms with E-state index in [9.17, 15) is 14.0 Å². The predicted molar refractivity (Wildman–Crippen MR) is 165 cm³/mol. The van der Waals surface area contributed by atoms with Gasteiger partial charge in [0.2, 0.25) is 5.91 Å². The van der Waals surface area contributed by atoms with Gasteiger partial charge in [0.1, 0.15) is 11.6 Å². The normalized spacial score (nSPS) is 13.9. The largest absolute Gasteiger partial charge is 0.357 e. The summed E-state index contributed by atoms with van der Waals surface area (Å²) >= 11 is 0. The molecule has 4 aromatic heterocycles. The van der Waals surface area contributed by atoms with E-state index in [2.05, 4.69) is 30.5 Å². The fourth-order valence-electron chi connectivity index (χ4n) is 5.47. The van der Waals surface area contributed by atoms with E-state index in [1.807, 2.05) is 35.9 Å². The van der Waals surface area contributed by atoms with Gasteiger partial charge in [-0.1, -0.05) is 0 Å². The third-order valence-electron chi connectivity index (χ3n) is 7.96. The summed E-state index contributed by atoms with van der Waals surface area (Å²) in [6.45, 7) is 5.70. The molecule has 220 valence electrons. The minimum atomic E-state index is -0.508. The van der Waals surface area contributed by atoms with Gasteiger partial charge in [-0.15, -0.1) is 0 Å². The second-order valence-electron chi connectivity index (χ2n) is 10.9. The van der Waals surface area contributed by atoms with Gasteiger partial charge in [-0.05, 0) is 81.3 Å². The first kappa shape index (κ1) is 28.2. The maximum atomic E-state index is 13.9. The number of amides is 1. The number of anilines is 2. The fourth-order valence-corrected chi connectivity index (χ4v) is 5.47. The summed E-state index contributed by atoms with van der Waals surface area (Å²) in [5, 5.41) is 6.37. The molecule has 43 heavy (non-hydrogen) atoms. The molecule has 1 aromatic carbocycles. The number of nitrogens with one attached hydrogen (secondary N) is 2. The first-order valence-electron chi connectivity index (χ1n) is 14.3. The molecule has 1 fully saturated rings. The van der Waals surface area contributed by atoms with E-state index in [1.54, 1.807) is 49.4 Å². The number of hydrogen-bond donors (Lipinski definition) is 2. The van der Waals surface area contributed by atoms with E-state index in [4.69, 9.17) is 0 Å². The van der Waals surface area contributed by atoms with Crippen LogP contribution in [0.1, 0.15) is 30.9 Å². The van der Waals surface area contributed by atoms with Crippen LogP contribution in [-0.2, 0) is 11.3 Å². The molecular formula is C32H33FN8O2. The lowest BCUT2D eigenvalue weighted by Gasteiger charge is -2.19. The average Bonchev–Trinajstić information content (AvgIpc) is 3.67. The molecule has 0 bridgehead atoms. The summed E-state index contributed by atoms with van der Waals surface area (Å²) in [6.07, 6.45) is 11.0. The van der Waals surface area contributed by atoms with E-state index in [0.29, 0.717) is 5.69 Å². The number of carbonyl (C=O) groups excluding carboxylic acids is 1. The average molecular weight is 581 g/mol. The molecule has 2 N–H and O–H groups in total. The number of fused-ring (bicyclic) bond motifs is 1. The van der Waals surface area contributed by atoms with Crippen LogP contribution in [0, 0.1) is 12.7 Å². The minimum Gasteiger partial charge on any atom is -0.357 e. The van der Waals surface area contributed by atoms with Gasteiger partial charge < -0.3 is 20.1 Å². The Morgan fingerprint density at radius 3 is 2.67 bits per heavy atom. The highest BCUT2D eigenvalue weighted by molar-refractivity contribution is 5.93. The number of halogens is 1. The molecule has 0 unspecified atom stereocenters. The molecule has 1 amide bonds. The molecular weight excluding hydrogens is 547 g/mol. The smallest absolute Gasteiger partial charge is 0.294 e. The molecule has 1 saturated heterocycles. The van der Waals surface area contributed by atoms with Crippen LogP contribution in [0.25, 0.3) is 27.8 Å². The lowest BCUT2D eigenvalue weighted by atomic mass is 10.1. The Morgan fingerprint density at radius 1 is 1.07 bits per heavy atom. The standard InChI is InChI=1S/C32H33FN8O2/c1-20-18-40(27-7-6-24(33)14-26(20)27)25-12-22(15-35-16-25)19-41-28(17-37-30(32(41)43)38-31(42)21(2)34-3)23-8-9-36-29(13-23)39-10-4-5-11-39/h6-9,12-18,21,34H,4-5,10-11,19H2,1-3H3,(H,37,38,42)/t21-/m0/s1. The predicted octanol–water partition coefficient (Wildman–Crippen LogP) is 4.29. The number of carbonyl (C=O) groups is 1. The maximum Gasteiger partial charge on any atom is 0.294 e. The maximum absolute atomic E-state index is 13.9. The van der Waals surface area contributed by atoms with Crippen molar-refractivity contribution in [1.82, 2.24) is 29.4 Å². The molecule has 5 heterocycles. The van der Waals surface area contributed by atoms with Crippen LogP contribution in [-0.4, -0.2) is 56.2 Å². The number of aromatic nitrogens is 5. The van der Waals surface area contributed by atoms with Crippen LogP contribution in [0.3, 0.4) is 0 Å². The van der Waals surface area contributed by atoms with E-state index in [-0.39, 0.29) is 24.1 Å². The van der Waals surface area contributed by atoms with Crippen molar-refractivity contribution < 1.29 is 9.18 Å². The van der Waals surface area contributed by atoms with Crippen molar-refractivity contribution in [1.29, 1.82) is 0 Å². The van der Waals surface area contributed by atoms with Gasteiger partial charge in [0.05, 0.1) is 41.9 Å². The van der Waals surface area contributed by atoms with Crippen molar-refractivity contribution >= 4 is 28.4 Å². The zero-order valence-corrected chi connectivity index (χ0v) is 24.3. The molecule has 11 heteroatoms. The van der Waals surface area contributed by atoms with Crippen LogP contribution < -0.4 is 21.1 Å². The molecule has 1 aliphatic heterocycles. The number of aryl methyl sites for hydroxylation is 1. The number of pyridine rings is 2. The number of hydrogen-bond acceptors (Lipinski definition) is 7. The third kappa shape index (κ3) is 5.63. The Balaban J connectivity index is 1.42. The van der Waals surface area contributed by atoms with Gasteiger partial charge >= 0.3 is 0 Å². The summed E-state index contributed by atoms with van der Waals surface area (Å²) in [5.74, 6) is 0.148. The Hall–Kier alpha value is -4.90. The second kappa shape index (κ2) is 11.8. The number of nitrogens with zero attached hydrogens (tertiary/aromatic N) is 6. The van der Waals surface area contributed by atoms with Crippen LogP contribution in [0.4, 0.5) is 16.0 Å². The third-order valence-corrected chi connectivity index (χ3v) is 7.96. The zero-order valence-electron chi connectivity index (χ0n) is 24.3. The molecule has 1 atom stereocenters. The Bertz CT molecular complexity index is 1880. The number of benzene rings is 1. The summed E-state index contributed by atoms with van der Waals surface area (Å²) < 4.78 is 17.5. The van der Waals surface area contributed by atoms with Crippen LogP contribution in [0.2, 0.25) is 0 Å². The topological polar surface area (TPSA) is 110 Å². The van der Waals surface area contributed by atoms with Crippen molar-refractivity contribution in [3.8, 4) is 16.9 Å². The van der Waals surface area contributed by atoms with E-state index >= 15 is 0 Å². The van der Waals surface area contributed by atoms with Gasteiger partial charge in [0, 0.05) is 42.6 Å². The molecule has 0 radical (unpaired) electrons. The quantitative estimate of drug-likeness (QED) is 0.282. The molecule has 6 rings (SSSR count). The van der Waals surface area contributed by atoms with E-state index in [0.717, 1.165) is 65.0 Å². The van der Waals surface area contributed by atoms with E-state index < -0.39 is 11.6 Å². The fraction of sp³-hybridized carbons (Fsp3) is 0.281. The highest BCUT2D eigenvalue weighted by Crippen LogP contribution is 2.27. The van der Waals surface area contributed by atoms with E-state index in [1.165, 1.54) is 12.1 Å². The molecule has 0 spiro atoms. The van der Waals surface area contributed by atoms with Crippen molar-refractivity contribution in [2.24, 2.45) is 0 Å². The Kier molecular flexibility index (Phi) is 7.73. The minimum absolute atomic E-state index is 0.0529. The summed E-state index contributed by atoms with van der Waals surface area (Å²) in [4.78, 5) is 42.2. The van der Waals surface area contributed by atoms with Crippen LogP contribution >= 0.6 is 0 Å². The van der Waals surface area contributed by atoms with Gasteiger partial charge in [-0.3, -0.25) is 19.1 Å². The van der Waals surface area contributed by atoms with Gasteiger partial charge in [-0.2, -0.15) is 0 Å². The molecule has 0 saturated carbocycles. The molecule has 10 nitrogen and oxygen atoms in total. The monoisotopic (exact) mass is 580 g/mol. The molecule has 1 aliphatic rings. The van der Waals surface area contributed by atoms with Crippen molar-refractivity contribution in [3.05, 3.63) is 94.7 Å². The highest BCUT2D eigenvalue weighted by Gasteiger charge is 2.20. The van der Waals surface area contributed by atoms with Gasteiger partial charge in [-0.25, -0.2) is 14.4 Å². The number of rotatable bonds is 8.